The summed E-state index contributed by atoms with van der Waals surface area (Å²) in [5.41, 5.74) is 1.98. The zero-order chi connectivity index (χ0) is 11.3. The largest absolute Gasteiger partial charge is 0.294 e. The van der Waals surface area contributed by atoms with Crippen LogP contribution in [0.5, 0.6) is 0 Å². The first-order valence-corrected chi connectivity index (χ1v) is 5.70. The molecule has 0 bridgehead atoms. The van der Waals surface area contributed by atoms with Crippen LogP contribution in [-0.4, -0.2) is 5.78 Å². The van der Waals surface area contributed by atoms with E-state index < -0.39 is 0 Å². The Labute approximate surface area is 92.5 Å². The van der Waals surface area contributed by atoms with Crippen molar-refractivity contribution in [3.8, 4) is 0 Å². The highest BCUT2D eigenvalue weighted by atomic mass is 16.1. The third-order valence-electron chi connectivity index (χ3n) is 2.63. The smallest absolute Gasteiger partial charge is 0.163 e. The lowest BCUT2D eigenvalue weighted by Crippen LogP contribution is -2.02. The van der Waals surface area contributed by atoms with Crippen molar-refractivity contribution >= 4 is 5.78 Å². The fraction of sp³-hybridized carbons (Fsp3) is 0.500. The summed E-state index contributed by atoms with van der Waals surface area (Å²) in [5.74, 6) is 0.975. The monoisotopic (exact) mass is 204 g/mol. The maximum Gasteiger partial charge on any atom is 0.163 e. The summed E-state index contributed by atoms with van der Waals surface area (Å²) in [6, 6.07) is 7.83. The first kappa shape index (κ1) is 12.0. The van der Waals surface area contributed by atoms with Crippen molar-refractivity contribution in [1.82, 2.24) is 0 Å². The molecule has 1 heteroatoms. The molecule has 0 aliphatic carbocycles. The van der Waals surface area contributed by atoms with Crippen LogP contribution in [0.3, 0.4) is 0 Å². The molecule has 0 fully saturated rings. The van der Waals surface area contributed by atoms with Gasteiger partial charge in [-0.25, -0.2) is 0 Å². The van der Waals surface area contributed by atoms with Gasteiger partial charge in [0.25, 0.3) is 0 Å². The molecule has 0 saturated heterocycles. The Bertz CT molecular complexity index is 326. The molecule has 0 N–H and O–H groups in total. The topological polar surface area (TPSA) is 17.1 Å². The molecule has 0 unspecified atom stereocenters. The van der Waals surface area contributed by atoms with Gasteiger partial charge in [0.05, 0.1) is 0 Å². The van der Waals surface area contributed by atoms with Crippen molar-refractivity contribution in [1.29, 1.82) is 0 Å². The number of hydrogen-bond acceptors (Lipinski definition) is 1. The molecule has 1 aromatic rings. The van der Waals surface area contributed by atoms with Crippen LogP contribution in [0, 0.1) is 12.8 Å². The van der Waals surface area contributed by atoms with Gasteiger partial charge in [-0.3, -0.25) is 4.79 Å². The van der Waals surface area contributed by atoms with Gasteiger partial charge in [-0.15, -0.1) is 0 Å². The summed E-state index contributed by atoms with van der Waals surface area (Å²) in [7, 11) is 0. The summed E-state index contributed by atoms with van der Waals surface area (Å²) in [6.45, 7) is 6.38. The van der Waals surface area contributed by atoms with Gasteiger partial charge < -0.3 is 0 Å². The van der Waals surface area contributed by atoms with Gasteiger partial charge >= 0.3 is 0 Å². The third kappa shape index (κ3) is 3.86. The van der Waals surface area contributed by atoms with E-state index in [0.717, 1.165) is 24.0 Å². The number of carbonyl (C=O) groups excluding carboxylic acids is 1. The lowest BCUT2D eigenvalue weighted by Gasteiger charge is -2.06. The van der Waals surface area contributed by atoms with E-state index in [1.54, 1.807) is 0 Å². The molecular weight excluding hydrogens is 184 g/mol. The number of hydrogen-bond donors (Lipinski definition) is 0. The summed E-state index contributed by atoms with van der Waals surface area (Å²) in [6.07, 6.45) is 2.82. The van der Waals surface area contributed by atoms with E-state index in [1.807, 2.05) is 31.2 Å². The van der Waals surface area contributed by atoms with Gasteiger partial charge in [-0.05, 0) is 24.8 Å². The normalized spacial score (nSPS) is 10.7. The SMILES string of the molecule is Cc1ccccc1C(=O)CCCC(C)C. The van der Waals surface area contributed by atoms with Crippen LogP contribution in [0.4, 0.5) is 0 Å². The van der Waals surface area contributed by atoms with E-state index >= 15 is 0 Å². The second-order valence-electron chi connectivity index (χ2n) is 4.52. The van der Waals surface area contributed by atoms with E-state index in [2.05, 4.69) is 13.8 Å². The molecule has 82 valence electrons. The van der Waals surface area contributed by atoms with Gasteiger partial charge in [-0.1, -0.05) is 44.5 Å². The molecule has 0 saturated carbocycles. The maximum atomic E-state index is 11.8. The molecule has 0 spiro atoms. The van der Waals surface area contributed by atoms with E-state index in [-0.39, 0.29) is 5.78 Å². The number of rotatable bonds is 5. The molecule has 0 aliphatic heterocycles. The van der Waals surface area contributed by atoms with Crippen LogP contribution >= 0.6 is 0 Å². The minimum Gasteiger partial charge on any atom is -0.294 e. The van der Waals surface area contributed by atoms with Gasteiger partial charge in [0.2, 0.25) is 0 Å². The predicted molar refractivity (Wildman–Crippen MR) is 64.2 cm³/mol. The minimum atomic E-state index is 0.286. The molecule has 1 rings (SSSR count). The molecule has 0 atom stereocenters. The van der Waals surface area contributed by atoms with Crippen molar-refractivity contribution in [3.05, 3.63) is 35.4 Å². The highest BCUT2D eigenvalue weighted by molar-refractivity contribution is 5.97. The van der Waals surface area contributed by atoms with E-state index in [9.17, 15) is 4.79 Å². The van der Waals surface area contributed by atoms with Gasteiger partial charge in [0, 0.05) is 12.0 Å². The molecular formula is C14H20O. The van der Waals surface area contributed by atoms with Crippen molar-refractivity contribution in [2.75, 3.05) is 0 Å². The summed E-state index contributed by atoms with van der Waals surface area (Å²) >= 11 is 0. The van der Waals surface area contributed by atoms with Gasteiger partial charge in [0.1, 0.15) is 0 Å². The van der Waals surface area contributed by atoms with Crippen LogP contribution in [0.1, 0.15) is 49.0 Å². The molecule has 1 aromatic carbocycles. The Kier molecular flexibility index (Phi) is 4.54. The number of Topliss-reactive ketones (excluding diaryl/α,β-unsaturated/α-hetero) is 1. The predicted octanol–water partition coefficient (Wildman–Crippen LogP) is 4.00. The molecule has 0 aromatic heterocycles. The Morgan fingerprint density at radius 1 is 1.27 bits per heavy atom. The highest BCUT2D eigenvalue weighted by Crippen LogP contribution is 2.13. The lowest BCUT2D eigenvalue weighted by molar-refractivity contribution is 0.0977. The van der Waals surface area contributed by atoms with Crippen LogP contribution in [-0.2, 0) is 0 Å². The molecule has 15 heavy (non-hydrogen) atoms. The van der Waals surface area contributed by atoms with Crippen molar-refractivity contribution in [2.24, 2.45) is 5.92 Å². The van der Waals surface area contributed by atoms with E-state index in [0.29, 0.717) is 12.3 Å². The van der Waals surface area contributed by atoms with E-state index in [1.165, 1.54) is 0 Å². The molecule has 1 nitrogen and oxygen atoms in total. The Morgan fingerprint density at radius 3 is 2.53 bits per heavy atom. The Hall–Kier alpha value is -1.11. The zero-order valence-corrected chi connectivity index (χ0v) is 9.92. The Balaban J connectivity index is 2.51. The third-order valence-corrected chi connectivity index (χ3v) is 2.63. The zero-order valence-electron chi connectivity index (χ0n) is 9.92. The molecule has 0 amide bonds. The maximum absolute atomic E-state index is 11.8. The molecule has 0 heterocycles. The van der Waals surface area contributed by atoms with Gasteiger partial charge in [0.15, 0.2) is 5.78 Å². The number of benzene rings is 1. The number of aryl methyl sites for hydroxylation is 1. The fourth-order valence-corrected chi connectivity index (χ4v) is 1.69. The number of ketones is 1. The minimum absolute atomic E-state index is 0.286. The summed E-state index contributed by atoms with van der Waals surface area (Å²) < 4.78 is 0. The average Bonchev–Trinajstić information content (AvgIpc) is 2.17. The second kappa shape index (κ2) is 5.69. The average molecular weight is 204 g/mol. The second-order valence-corrected chi connectivity index (χ2v) is 4.52. The van der Waals surface area contributed by atoms with Crippen LogP contribution in [0.25, 0.3) is 0 Å². The fourth-order valence-electron chi connectivity index (χ4n) is 1.69. The quantitative estimate of drug-likeness (QED) is 0.662. The van der Waals surface area contributed by atoms with Crippen molar-refractivity contribution < 1.29 is 4.79 Å². The summed E-state index contributed by atoms with van der Waals surface area (Å²) in [5, 5.41) is 0. The van der Waals surface area contributed by atoms with Crippen molar-refractivity contribution in [2.45, 2.75) is 40.0 Å². The molecule has 0 radical (unpaired) electrons. The Morgan fingerprint density at radius 2 is 1.93 bits per heavy atom. The first-order valence-electron chi connectivity index (χ1n) is 5.70. The summed E-state index contributed by atoms with van der Waals surface area (Å²) in [4.78, 5) is 11.8. The molecule has 0 aliphatic rings. The number of carbonyl (C=O) groups is 1. The standard InChI is InChI=1S/C14H20O/c1-11(2)7-6-10-14(15)13-9-5-4-8-12(13)3/h4-5,8-9,11H,6-7,10H2,1-3H3. The van der Waals surface area contributed by atoms with Crippen molar-refractivity contribution in [3.63, 3.8) is 0 Å². The lowest BCUT2D eigenvalue weighted by atomic mass is 9.99. The van der Waals surface area contributed by atoms with Crippen LogP contribution in [0.15, 0.2) is 24.3 Å². The first-order chi connectivity index (χ1) is 7.11. The highest BCUT2D eigenvalue weighted by Gasteiger charge is 2.07. The van der Waals surface area contributed by atoms with Gasteiger partial charge in [-0.2, -0.15) is 0 Å². The van der Waals surface area contributed by atoms with Crippen LogP contribution in [0.2, 0.25) is 0 Å². The van der Waals surface area contributed by atoms with E-state index in [4.69, 9.17) is 0 Å². The van der Waals surface area contributed by atoms with Crippen LogP contribution < -0.4 is 0 Å².